The number of methoxy groups -OCH3 is 1. The molecular weight excluding hydrogens is 356 g/mol. The van der Waals surface area contributed by atoms with Crippen LogP contribution < -0.4 is 21.4 Å². The zero-order valence-corrected chi connectivity index (χ0v) is 15.6. The fraction of sp³-hybridized carbons (Fsp3) is 0.316. The SMILES string of the molecule is COc1cc(C#CCN2CCNCC2)ccc1-n1c(=N)nc(N)c2[nH]cnc21. The first-order valence-corrected chi connectivity index (χ1v) is 9.04. The highest BCUT2D eigenvalue weighted by molar-refractivity contribution is 5.82. The van der Waals surface area contributed by atoms with Crippen molar-refractivity contribution in [3.05, 3.63) is 35.7 Å². The van der Waals surface area contributed by atoms with E-state index in [1.165, 1.54) is 6.33 Å². The summed E-state index contributed by atoms with van der Waals surface area (Å²) in [7, 11) is 1.59. The third-order valence-corrected chi connectivity index (χ3v) is 4.69. The molecule has 0 unspecified atom stereocenters. The molecule has 3 aromatic rings. The number of ether oxygens (including phenoxy) is 1. The minimum Gasteiger partial charge on any atom is -0.495 e. The molecule has 1 aromatic carbocycles. The van der Waals surface area contributed by atoms with E-state index in [1.807, 2.05) is 18.2 Å². The maximum atomic E-state index is 8.24. The highest BCUT2D eigenvalue weighted by Gasteiger charge is 2.14. The first-order chi connectivity index (χ1) is 13.7. The highest BCUT2D eigenvalue weighted by Crippen LogP contribution is 2.25. The van der Waals surface area contributed by atoms with Crippen LogP contribution in [0.1, 0.15) is 5.56 Å². The molecule has 28 heavy (non-hydrogen) atoms. The smallest absolute Gasteiger partial charge is 0.230 e. The first kappa shape index (κ1) is 18.0. The second-order valence-electron chi connectivity index (χ2n) is 6.47. The normalized spacial score (nSPS) is 14.6. The molecule has 3 heterocycles. The van der Waals surface area contributed by atoms with Crippen LogP contribution in [0, 0.1) is 17.3 Å². The molecule has 9 heteroatoms. The minimum absolute atomic E-state index is 0.0204. The number of nitrogens with zero attached hydrogens (tertiary/aromatic N) is 4. The molecule has 1 saturated heterocycles. The number of nitrogens with two attached hydrogens (primary N) is 1. The van der Waals surface area contributed by atoms with Gasteiger partial charge in [0.05, 0.1) is 25.7 Å². The van der Waals surface area contributed by atoms with Crippen molar-refractivity contribution in [1.29, 1.82) is 5.41 Å². The first-order valence-electron chi connectivity index (χ1n) is 9.04. The van der Waals surface area contributed by atoms with Crippen LogP contribution in [0.2, 0.25) is 0 Å². The van der Waals surface area contributed by atoms with E-state index in [0.29, 0.717) is 22.6 Å². The molecule has 0 spiro atoms. The third kappa shape index (κ3) is 3.43. The molecule has 0 bridgehead atoms. The molecule has 0 saturated carbocycles. The fourth-order valence-electron chi connectivity index (χ4n) is 3.26. The van der Waals surface area contributed by atoms with Gasteiger partial charge in [0.1, 0.15) is 11.3 Å². The number of hydrogen-bond donors (Lipinski definition) is 4. The summed E-state index contributed by atoms with van der Waals surface area (Å²) in [6.07, 6.45) is 1.53. The Kier molecular flexibility index (Phi) is 4.97. The minimum atomic E-state index is -0.0204. The number of aromatic amines is 1. The lowest BCUT2D eigenvalue weighted by Gasteiger charge is -2.24. The summed E-state index contributed by atoms with van der Waals surface area (Å²) in [6.45, 7) is 4.79. The predicted octanol–water partition coefficient (Wildman–Crippen LogP) is 0.0756. The molecule has 1 fully saturated rings. The van der Waals surface area contributed by atoms with E-state index >= 15 is 0 Å². The molecule has 0 radical (unpaired) electrons. The van der Waals surface area contributed by atoms with E-state index in [9.17, 15) is 0 Å². The number of benzene rings is 1. The van der Waals surface area contributed by atoms with Gasteiger partial charge in [-0.1, -0.05) is 11.8 Å². The van der Waals surface area contributed by atoms with Gasteiger partial charge in [0.15, 0.2) is 11.5 Å². The van der Waals surface area contributed by atoms with E-state index in [-0.39, 0.29) is 11.4 Å². The number of fused-ring (bicyclic) bond motifs is 1. The van der Waals surface area contributed by atoms with Crippen LogP contribution in [-0.4, -0.2) is 64.3 Å². The van der Waals surface area contributed by atoms with Crippen molar-refractivity contribution in [2.45, 2.75) is 0 Å². The standard InChI is InChI=1S/C19H22N8O/c1-28-15-11-13(3-2-8-26-9-6-22-7-10-26)4-5-14(15)27-18-16(23-12-24-18)17(20)25-19(27)21/h4-5,11-12,22H,6-10H2,1H3,(H,23,24)(H3,20,21,25). The van der Waals surface area contributed by atoms with Gasteiger partial charge in [-0.3, -0.25) is 14.9 Å². The lowest BCUT2D eigenvalue weighted by Crippen LogP contribution is -2.43. The van der Waals surface area contributed by atoms with Crippen molar-refractivity contribution in [3.63, 3.8) is 0 Å². The van der Waals surface area contributed by atoms with Gasteiger partial charge >= 0.3 is 0 Å². The van der Waals surface area contributed by atoms with E-state index in [4.69, 9.17) is 15.9 Å². The molecule has 2 aromatic heterocycles. The molecule has 1 aliphatic rings. The van der Waals surface area contributed by atoms with Crippen LogP contribution in [0.3, 0.4) is 0 Å². The predicted molar refractivity (Wildman–Crippen MR) is 106 cm³/mol. The Hall–Kier alpha value is -3.35. The number of H-pyrrole nitrogens is 1. The summed E-state index contributed by atoms with van der Waals surface area (Å²) < 4.78 is 7.16. The van der Waals surface area contributed by atoms with Crippen molar-refractivity contribution < 1.29 is 4.74 Å². The van der Waals surface area contributed by atoms with Crippen LogP contribution in [0.15, 0.2) is 24.5 Å². The average Bonchev–Trinajstić information content (AvgIpc) is 3.19. The van der Waals surface area contributed by atoms with Gasteiger partial charge in [-0.15, -0.1) is 0 Å². The molecule has 9 nitrogen and oxygen atoms in total. The summed E-state index contributed by atoms with van der Waals surface area (Å²) in [6, 6.07) is 5.63. The Balaban J connectivity index is 1.67. The van der Waals surface area contributed by atoms with Gasteiger partial charge in [0.2, 0.25) is 5.62 Å². The molecule has 144 valence electrons. The average molecular weight is 378 g/mol. The number of aromatic nitrogens is 4. The van der Waals surface area contributed by atoms with Crippen molar-refractivity contribution in [1.82, 2.24) is 29.7 Å². The summed E-state index contributed by atoms with van der Waals surface area (Å²) in [5.41, 5.74) is 8.48. The largest absolute Gasteiger partial charge is 0.495 e. The van der Waals surface area contributed by atoms with E-state index in [1.54, 1.807) is 11.7 Å². The van der Waals surface area contributed by atoms with Crippen molar-refractivity contribution >= 4 is 17.0 Å². The van der Waals surface area contributed by atoms with Crippen LogP contribution >= 0.6 is 0 Å². The van der Waals surface area contributed by atoms with Crippen molar-refractivity contribution in [2.24, 2.45) is 0 Å². The van der Waals surface area contributed by atoms with Crippen LogP contribution in [0.5, 0.6) is 5.75 Å². The van der Waals surface area contributed by atoms with Gasteiger partial charge in [-0.05, 0) is 18.2 Å². The summed E-state index contributed by atoms with van der Waals surface area (Å²) in [4.78, 5) is 13.7. The summed E-state index contributed by atoms with van der Waals surface area (Å²) in [5.74, 6) is 7.25. The molecule has 1 aliphatic heterocycles. The Morgan fingerprint density at radius 3 is 2.93 bits per heavy atom. The van der Waals surface area contributed by atoms with E-state index in [0.717, 1.165) is 38.3 Å². The molecule has 0 aliphatic carbocycles. The maximum Gasteiger partial charge on any atom is 0.230 e. The quantitative estimate of drug-likeness (QED) is 0.479. The number of nitrogen functional groups attached to an aromatic ring is 1. The number of piperazine rings is 1. The molecule has 0 amide bonds. The topological polar surface area (TPSA) is 121 Å². The molecule has 0 atom stereocenters. The number of nitrogens with one attached hydrogen (secondary N) is 3. The molecule has 4 rings (SSSR count). The Labute approximate surface area is 162 Å². The van der Waals surface area contributed by atoms with Gasteiger partial charge < -0.3 is 20.8 Å². The van der Waals surface area contributed by atoms with Crippen LogP contribution in [0.25, 0.3) is 16.9 Å². The second kappa shape index (κ2) is 7.72. The summed E-state index contributed by atoms with van der Waals surface area (Å²) >= 11 is 0. The number of rotatable bonds is 3. The van der Waals surface area contributed by atoms with Crippen molar-refractivity contribution in [3.8, 4) is 23.3 Å². The van der Waals surface area contributed by atoms with Gasteiger partial charge in [-0.2, -0.15) is 4.98 Å². The zero-order chi connectivity index (χ0) is 19.5. The lowest BCUT2D eigenvalue weighted by molar-refractivity contribution is 0.268. The lowest BCUT2D eigenvalue weighted by atomic mass is 10.2. The van der Waals surface area contributed by atoms with Crippen molar-refractivity contribution in [2.75, 3.05) is 45.6 Å². The second-order valence-corrected chi connectivity index (χ2v) is 6.47. The van der Waals surface area contributed by atoms with Gasteiger partial charge in [0.25, 0.3) is 0 Å². The number of imidazole rings is 1. The monoisotopic (exact) mass is 378 g/mol. The number of anilines is 1. The molecule has 5 N–H and O–H groups in total. The number of hydrogen-bond acceptors (Lipinski definition) is 7. The van der Waals surface area contributed by atoms with Crippen LogP contribution in [0.4, 0.5) is 5.82 Å². The third-order valence-electron chi connectivity index (χ3n) is 4.69. The molecular formula is C19H22N8O. The van der Waals surface area contributed by atoms with E-state index in [2.05, 4.69) is 37.0 Å². The summed E-state index contributed by atoms with van der Waals surface area (Å²) in [5, 5.41) is 11.6. The Morgan fingerprint density at radius 2 is 2.14 bits per heavy atom. The van der Waals surface area contributed by atoms with Gasteiger partial charge in [0, 0.05) is 31.7 Å². The Bertz CT molecular complexity index is 1110. The zero-order valence-electron chi connectivity index (χ0n) is 15.6. The van der Waals surface area contributed by atoms with Gasteiger partial charge in [-0.25, -0.2) is 4.98 Å². The maximum absolute atomic E-state index is 8.24. The van der Waals surface area contributed by atoms with E-state index < -0.39 is 0 Å². The fourth-order valence-corrected chi connectivity index (χ4v) is 3.26. The Morgan fingerprint density at radius 1 is 1.32 bits per heavy atom. The van der Waals surface area contributed by atoms with Crippen LogP contribution in [-0.2, 0) is 0 Å². The highest BCUT2D eigenvalue weighted by atomic mass is 16.5.